The molecule has 5 aromatic carbocycles. The minimum absolute atomic E-state index is 0.258. The molecule has 1 unspecified atom stereocenters. The third-order valence-corrected chi connectivity index (χ3v) is 7.04. The minimum Gasteiger partial charge on any atom is -0.272 e. The van der Waals surface area contributed by atoms with Crippen molar-refractivity contribution in [2.24, 2.45) is 4.99 Å². The standard InChI is InChI=1S/C20H15N.C18H15N.C2H6/c1-3-7-15(8-4-1)16-11-13-18(14-12-16)20-19(21-20)17-9-5-2-6-10-17;1-14-10-17(15-6-3-2-4-7-15)12-18(11-14)16-8-5-9-19-13-16;1-2/h1-14,19H;2-13H,1H3;1-2H3. The zero-order valence-electron chi connectivity index (χ0n) is 24.5. The number of rotatable bonds is 5. The first-order valence-corrected chi connectivity index (χ1v) is 14.6. The Hall–Kier alpha value is -5.08. The molecule has 0 N–H and O–H groups in total. The highest BCUT2D eigenvalue weighted by molar-refractivity contribution is 6.13. The van der Waals surface area contributed by atoms with Crippen molar-refractivity contribution in [1.82, 2.24) is 4.98 Å². The van der Waals surface area contributed by atoms with Crippen LogP contribution in [0.15, 0.2) is 163 Å². The highest BCUT2D eigenvalue weighted by atomic mass is 15.0. The number of aromatic nitrogens is 1. The van der Waals surface area contributed by atoms with Gasteiger partial charge in [-0.3, -0.25) is 9.98 Å². The van der Waals surface area contributed by atoms with Gasteiger partial charge in [0.1, 0.15) is 6.04 Å². The average molecular weight is 545 g/mol. The van der Waals surface area contributed by atoms with E-state index >= 15 is 0 Å². The summed E-state index contributed by atoms with van der Waals surface area (Å²) in [6.45, 7) is 6.13. The van der Waals surface area contributed by atoms with E-state index in [9.17, 15) is 0 Å². The smallest absolute Gasteiger partial charge is 0.118 e. The lowest BCUT2D eigenvalue weighted by molar-refractivity contribution is 1.13. The van der Waals surface area contributed by atoms with Crippen LogP contribution in [0.5, 0.6) is 0 Å². The number of benzene rings is 5. The normalized spacial score (nSPS) is 13.0. The zero-order valence-corrected chi connectivity index (χ0v) is 24.5. The number of nitrogens with zero attached hydrogens (tertiary/aromatic N) is 2. The third kappa shape index (κ3) is 7.16. The number of hydrogen-bond donors (Lipinski definition) is 0. The van der Waals surface area contributed by atoms with Gasteiger partial charge >= 0.3 is 0 Å². The van der Waals surface area contributed by atoms with Crippen molar-refractivity contribution in [2.45, 2.75) is 26.8 Å². The molecule has 2 heterocycles. The number of pyridine rings is 1. The fraction of sp³-hybridized carbons (Fsp3) is 0.100. The van der Waals surface area contributed by atoms with Crippen molar-refractivity contribution in [1.29, 1.82) is 0 Å². The van der Waals surface area contributed by atoms with Crippen molar-refractivity contribution in [2.75, 3.05) is 0 Å². The number of hydrogen-bond acceptors (Lipinski definition) is 2. The Morgan fingerprint density at radius 3 is 1.50 bits per heavy atom. The van der Waals surface area contributed by atoms with Crippen molar-refractivity contribution >= 4 is 5.71 Å². The highest BCUT2D eigenvalue weighted by Gasteiger charge is 2.30. The van der Waals surface area contributed by atoms with E-state index in [2.05, 4.69) is 138 Å². The first-order valence-electron chi connectivity index (χ1n) is 14.6. The molecule has 1 aliphatic heterocycles. The molecule has 0 saturated heterocycles. The first kappa shape index (κ1) is 28.4. The van der Waals surface area contributed by atoms with Gasteiger partial charge in [0.25, 0.3) is 0 Å². The van der Waals surface area contributed by atoms with Crippen LogP contribution in [0.25, 0.3) is 33.4 Å². The summed E-state index contributed by atoms with van der Waals surface area (Å²) < 4.78 is 0. The lowest BCUT2D eigenvalue weighted by Crippen LogP contribution is -1.93. The molecule has 1 atom stereocenters. The van der Waals surface area contributed by atoms with Gasteiger partial charge in [0.15, 0.2) is 0 Å². The molecule has 42 heavy (non-hydrogen) atoms. The summed E-state index contributed by atoms with van der Waals surface area (Å²) in [5, 5.41) is 0. The van der Waals surface area contributed by atoms with Gasteiger partial charge in [-0.15, -0.1) is 0 Å². The average Bonchev–Trinajstić information content (AvgIpc) is 3.89. The predicted molar refractivity (Wildman–Crippen MR) is 179 cm³/mol. The Bertz CT molecular complexity index is 1650. The molecular weight excluding hydrogens is 508 g/mol. The number of aryl methyl sites for hydroxylation is 1. The Balaban J connectivity index is 0.000000160. The van der Waals surface area contributed by atoms with Crippen LogP contribution in [0.1, 0.15) is 36.6 Å². The van der Waals surface area contributed by atoms with Crippen LogP contribution >= 0.6 is 0 Å². The maximum absolute atomic E-state index is 4.61. The number of aliphatic imine (C=N–C) groups is 1. The Morgan fingerprint density at radius 2 is 0.929 bits per heavy atom. The molecule has 0 radical (unpaired) electrons. The quantitative estimate of drug-likeness (QED) is 0.212. The fourth-order valence-corrected chi connectivity index (χ4v) is 4.95. The molecule has 0 saturated carbocycles. The summed E-state index contributed by atoms with van der Waals surface area (Å²) >= 11 is 0. The van der Waals surface area contributed by atoms with E-state index in [-0.39, 0.29) is 6.04 Å². The van der Waals surface area contributed by atoms with Gasteiger partial charge in [-0.1, -0.05) is 147 Å². The lowest BCUT2D eigenvalue weighted by atomic mass is 9.97. The second-order valence-corrected chi connectivity index (χ2v) is 9.97. The van der Waals surface area contributed by atoms with E-state index in [1.54, 1.807) is 6.20 Å². The van der Waals surface area contributed by atoms with Crippen LogP contribution in [0.2, 0.25) is 0 Å². The summed E-state index contributed by atoms with van der Waals surface area (Å²) in [4.78, 5) is 8.81. The second-order valence-electron chi connectivity index (χ2n) is 9.97. The summed E-state index contributed by atoms with van der Waals surface area (Å²) in [5.74, 6) is 0. The van der Waals surface area contributed by atoms with E-state index in [0.29, 0.717) is 0 Å². The third-order valence-electron chi connectivity index (χ3n) is 7.04. The molecule has 0 aliphatic carbocycles. The van der Waals surface area contributed by atoms with Gasteiger partial charge in [-0.2, -0.15) is 0 Å². The van der Waals surface area contributed by atoms with Gasteiger partial charge in [0.2, 0.25) is 0 Å². The molecule has 1 aromatic heterocycles. The Labute approximate surface area is 250 Å². The van der Waals surface area contributed by atoms with E-state index in [1.165, 1.54) is 50.2 Å². The van der Waals surface area contributed by atoms with Gasteiger partial charge in [0.05, 0.1) is 5.71 Å². The van der Waals surface area contributed by atoms with Crippen molar-refractivity contribution in [3.63, 3.8) is 0 Å². The van der Waals surface area contributed by atoms with Crippen molar-refractivity contribution in [3.8, 4) is 33.4 Å². The molecule has 7 rings (SSSR count). The topological polar surface area (TPSA) is 25.2 Å². The van der Waals surface area contributed by atoms with Gasteiger partial charge < -0.3 is 0 Å². The SMILES string of the molecule is CC.Cc1cc(-c2ccccc2)cc(-c2cccnc2)c1.c1ccc(-c2ccc(C3=NC3c3ccccc3)cc2)cc1. The molecule has 0 bridgehead atoms. The summed E-state index contributed by atoms with van der Waals surface area (Å²) in [7, 11) is 0. The monoisotopic (exact) mass is 544 g/mol. The summed E-state index contributed by atoms with van der Waals surface area (Å²) in [6, 6.07) is 51.0. The van der Waals surface area contributed by atoms with Crippen LogP contribution < -0.4 is 0 Å². The van der Waals surface area contributed by atoms with E-state index in [0.717, 1.165) is 5.56 Å². The van der Waals surface area contributed by atoms with E-state index < -0.39 is 0 Å². The lowest BCUT2D eigenvalue weighted by Gasteiger charge is -2.08. The molecule has 1 aliphatic rings. The molecule has 206 valence electrons. The summed E-state index contributed by atoms with van der Waals surface area (Å²) in [5.41, 5.74) is 12.3. The maximum atomic E-state index is 4.61. The molecule has 0 spiro atoms. The summed E-state index contributed by atoms with van der Waals surface area (Å²) in [6.07, 6.45) is 3.71. The van der Waals surface area contributed by atoms with Gasteiger partial charge in [-0.25, -0.2) is 0 Å². The molecule has 2 nitrogen and oxygen atoms in total. The molecular formula is C40H36N2. The Morgan fingerprint density at radius 1 is 0.452 bits per heavy atom. The first-order chi connectivity index (χ1) is 20.7. The highest BCUT2D eigenvalue weighted by Crippen LogP contribution is 2.35. The molecule has 0 amide bonds. The van der Waals surface area contributed by atoms with Crippen LogP contribution in [-0.2, 0) is 0 Å². The van der Waals surface area contributed by atoms with Crippen LogP contribution in [0.3, 0.4) is 0 Å². The zero-order chi connectivity index (χ0) is 29.1. The second kappa shape index (κ2) is 14.0. The maximum Gasteiger partial charge on any atom is 0.118 e. The van der Waals surface area contributed by atoms with E-state index in [4.69, 9.17) is 0 Å². The van der Waals surface area contributed by atoms with E-state index in [1.807, 2.05) is 44.3 Å². The Kier molecular flexibility index (Phi) is 9.49. The molecule has 2 heteroatoms. The molecule has 6 aromatic rings. The largest absolute Gasteiger partial charge is 0.272 e. The van der Waals surface area contributed by atoms with Crippen LogP contribution in [0, 0.1) is 6.92 Å². The van der Waals surface area contributed by atoms with Crippen molar-refractivity contribution < 1.29 is 0 Å². The minimum atomic E-state index is 0.258. The van der Waals surface area contributed by atoms with Crippen LogP contribution in [-0.4, -0.2) is 10.7 Å². The van der Waals surface area contributed by atoms with Gasteiger partial charge in [0, 0.05) is 18.0 Å². The van der Waals surface area contributed by atoms with Crippen LogP contribution in [0.4, 0.5) is 0 Å². The molecule has 0 fully saturated rings. The van der Waals surface area contributed by atoms with Gasteiger partial charge in [-0.05, 0) is 63.6 Å². The van der Waals surface area contributed by atoms with Crippen molar-refractivity contribution in [3.05, 3.63) is 175 Å². The predicted octanol–water partition coefficient (Wildman–Crippen LogP) is 10.6. The fourth-order valence-electron chi connectivity index (χ4n) is 4.95.